The number of hydrogen-bond donors (Lipinski definition) is 0. The van der Waals surface area contributed by atoms with Gasteiger partial charge in [-0.05, 0) is 41.8 Å². The molecule has 132 valence electrons. The quantitative estimate of drug-likeness (QED) is 0.271. The Balaban J connectivity index is 1.81. The second-order valence-corrected chi connectivity index (χ2v) is 8.21. The predicted octanol–water partition coefficient (Wildman–Crippen LogP) is 6.52. The minimum absolute atomic E-state index is 1.05. The third-order valence-electron chi connectivity index (χ3n) is 6.77. The molecule has 2 heterocycles. The van der Waals surface area contributed by atoms with Gasteiger partial charge in [0.1, 0.15) is 5.69 Å². The summed E-state index contributed by atoms with van der Waals surface area (Å²) in [5.74, 6) is 0. The van der Waals surface area contributed by atoms with Gasteiger partial charge < -0.3 is 0 Å². The molecule has 0 amide bonds. The number of hydrogen-bond acceptors (Lipinski definition) is 0. The van der Waals surface area contributed by atoms with Crippen LogP contribution < -0.4 is 4.48 Å². The third kappa shape index (κ3) is 2.09. The summed E-state index contributed by atoms with van der Waals surface area (Å²) in [6, 6.07) is 27.4. The maximum atomic E-state index is 2.38. The Morgan fingerprint density at radius 3 is 1.70 bits per heavy atom. The van der Waals surface area contributed by atoms with Crippen molar-refractivity contribution >= 4 is 32.9 Å². The van der Waals surface area contributed by atoms with E-state index >= 15 is 0 Å². The number of nitrogens with zero attached hydrogens (tertiary/aromatic N) is 1. The largest absolute Gasteiger partial charge is 0.257 e. The molecule has 27 heavy (non-hydrogen) atoms. The standard InChI is InChI=1S/C26H24N/c1-3-14-23-21(8-1)18-22-9-2-4-15-24(22)26(23)27-16-6-12-19-10-5-11-20(25(19)27)13-7-17-27/h1-5,8-11,14-15,18H,6-7,12-13,16-17H2/q+1. The minimum Gasteiger partial charge on any atom is -0.257 e. The summed E-state index contributed by atoms with van der Waals surface area (Å²) in [6.45, 7) is 2.45. The number of rotatable bonds is 1. The van der Waals surface area contributed by atoms with Gasteiger partial charge in [-0.25, -0.2) is 0 Å². The van der Waals surface area contributed by atoms with Gasteiger partial charge in [0.25, 0.3) is 0 Å². The van der Waals surface area contributed by atoms with Crippen molar-refractivity contribution in [1.82, 2.24) is 4.48 Å². The van der Waals surface area contributed by atoms with Gasteiger partial charge in [-0.15, -0.1) is 0 Å². The number of aryl methyl sites for hydroxylation is 2. The van der Waals surface area contributed by atoms with Crippen molar-refractivity contribution in [3.8, 4) is 0 Å². The molecule has 0 unspecified atom stereocenters. The molecule has 0 saturated heterocycles. The van der Waals surface area contributed by atoms with Crippen LogP contribution in [0.3, 0.4) is 0 Å². The Bertz CT molecular complexity index is 1110. The highest BCUT2D eigenvalue weighted by molar-refractivity contribution is 6.11. The highest BCUT2D eigenvalue weighted by Gasteiger charge is 2.43. The van der Waals surface area contributed by atoms with Crippen LogP contribution in [0.25, 0.3) is 21.5 Å². The molecule has 0 bridgehead atoms. The molecule has 1 nitrogen and oxygen atoms in total. The first-order valence-corrected chi connectivity index (χ1v) is 10.3. The van der Waals surface area contributed by atoms with Crippen LogP contribution in [0.2, 0.25) is 0 Å². The van der Waals surface area contributed by atoms with Crippen molar-refractivity contribution < 1.29 is 0 Å². The van der Waals surface area contributed by atoms with E-state index in [4.69, 9.17) is 0 Å². The topological polar surface area (TPSA) is 0 Å². The van der Waals surface area contributed by atoms with E-state index in [0.29, 0.717) is 0 Å². The molecule has 0 saturated carbocycles. The molecular formula is C26H24N+. The molecule has 0 atom stereocenters. The SMILES string of the molecule is c1cc2c3c(c1)CCC[N+]3(c1c3ccccc3cc3ccccc13)CCC2. The van der Waals surface area contributed by atoms with E-state index in [0.717, 1.165) is 4.48 Å². The lowest BCUT2D eigenvalue weighted by atomic mass is 9.86. The first kappa shape index (κ1) is 15.4. The normalized spacial score (nSPS) is 17.8. The van der Waals surface area contributed by atoms with Crippen molar-refractivity contribution in [2.24, 2.45) is 0 Å². The van der Waals surface area contributed by atoms with E-state index in [1.54, 1.807) is 16.8 Å². The summed E-state index contributed by atoms with van der Waals surface area (Å²) >= 11 is 0. The fourth-order valence-electron chi connectivity index (χ4n) is 5.80. The van der Waals surface area contributed by atoms with Gasteiger partial charge >= 0.3 is 0 Å². The second-order valence-electron chi connectivity index (χ2n) is 8.21. The predicted molar refractivity (Wildman–Crippen MR) is 116 cm³/mol. The molecule has 2 aliphatic rings. The monoisotopic (exact) mass is 350 g/mol. The zero-order valence-electron chi connectivity index (χ0n) is 15.6. The Labute approximate surface area is 160 Å². The smallest absolute Gasteiger partial charge is 0.153 e. The molecule has 2 aliphatic heterocycles. The average Bonchev–Trinajstić information content (AvgIpc) is 2.72. The summed E-state index contributed by atoms with van der Waals surface area (Å²) in [4.78, 5) is 0. The van der Waals surface area contributed by atoms with Crippen LogP contribution in [-0.2, 0) is 12.8 Å². The molecule has 4 aromatic carbocycles. The Morgan fingerprint density at radius 2 is 1.11 bits per heavy atom. The number of benzene rings is 4. The first-order valence-electron chi connectivity index (χ1n) is 10.3. The number of para-hydroxylation sites is 1. The van der Waals surface area contributed by atoms with E-state index in [2.05, 4.69) is 72.8 Å². The molecule has 6 rings (SSSR count). The molecule has 0 aromatic heterocycles. The fraction of sp³-hybridized carbons (Fsp3) is 0.231. The molecule has 4 aromatic rings. The van der Waals surface area contributed by atoms with E-state index in [1.807, 2.05) is 0 Å². The summed E-state index contributed by atoms with van der Waals surface area (Å²) < 4.78 is 1.05. The molecule has 0 spiro atoms. The van der Waals surface area contributed by atoms with Crippen LogP contribution in [0.15, 0.2) is 72.8 Å². The van der Waals surface area contributed by atoms with Gasteiger partial charge in [-0.2, -0.15) is 0 Å². The molecule has 0 fully saturated rings. The van der Waals surface area contributed by atoms with Gasteiger partial charge in [0, 0.05) is 34.7 Å². The lowest BCUT2D eigenvalue weighted by Crippen LogP contribution is -2.51. The Kier molecular flexibility index (Phi) is 3.24. The number of fused-ring (bicyclic) bond motifs is 2. The lowest BCUT2D eigenvalue weighted by molar-refractivity contribution is 0.337. The Morgan fingerprint density at radius 1 is 0.556 bits per heavy atom. The van der Waals surface area contributed by atoms with Crippen LogP contribution in [0.4, 0.5) is 11.4 Å². The second kappa shape index (κ2) is 5.68. The summed E-state index contributed by atoms with van der Waals surface area (Å²) in [5.41, 5.74) is 6.32. The first-order chi connectivity index (χ1) is 13.4. The summed E-state index contributed by atoms with van der Waals surface area (Å²) in [5, 5.41) is 5.60. The van der Waals surface area contributed by atoms with Crippen LogP contribution in [0.5, 0.6) is 0 Å². The Hall–Kier alpha value is -2.64. The number of quaternary nitrogens is 1. The molecule has 0 aliphatic carbocycles. The molecule has 0 N–H and O–H groups in total. The molecular weight excluding hydrogens is 326 g/mol. The minimum atomic E-state index is 1.05. The van der Waals surface area contributed by atoms with Gasteiger partial charge in [0.15, 0.2) is 5.69 Å². The van der Waals surface area contributed by atoms with Crippen molar-refractivity contribution in [3.05, 3.63) is 83.9 Å². The maximum absolute atomic E-state index is 2.38. The van der Waals surface area contributed by atoms with Gasteiger partial charge in [0.2, 0.25) is 0 Å². The zero-order chi connectivity index (χ0) is 17.8. The van der Waals surface area contributed by atoms with Crippen molar-refractivity contribution in [2.75, 3.05) is 13.1 Å². The van der Waals surface area contributed by atoms with Crippen LogP contribution >= 0.6 is 0 Å². The van der Waals surface area contributed by atoms with Gasteiger partial charge in [-0.3, -0.25) is 4.48 Å². The highest BCUT2D eigenvalue weighted by Crippen LogP contribution is 2.51. The van der Waals surface area contributed by atoms with E-state index in [9.17, 15) is 0 Å². The van der Waals surface area contributed by atoms with Crippen LogP contribution in [0, 0.1) is 0 Å². The van der Waals surface area contributed by atoms with E-state index in [1.165, 1.54) is 66.0 Å². The molecule has 0 radical (unpaired) electrons. The van der Waals surface area contributed by atoms with Gasteiger partial charge in [0.05, 0.1) is 13.1 Å². The van der Waals surface area contributed by atoms with Crippen molar-refractivity contribution in [1.29, 1.82) is 0 Å². The highest BCUT2D eigenvalue weighted by atomic mass is 15.4. The van der Waals surface area contributed by atoms with Crippen molar-refractivity contribution in [2.45, 2.75) is 25.7 Å². The summed E-state index contributed by atoms with van der Waals surface area (Å²) in [6.07, 6.45) is 5.00. The van der Waals surface area contributed by atoms with E-state index < -0.39 is 0 Å². The maximum Gasteiger partial charge on any atom is 0.153 e. The third-order valence-corrected chi connectivity index (χ3v) is 6.77. The van der Waals surface area contributed by atoms with Crippen molar-refractivity contribution in [3.63, 3.8) is 0 Å². The van der Waals surface area contributed by atoms with Gasteiger partial charge in [-0.1, -0.05) is 54.6 Å². The lowest BCUT2D eigenvalue weighted by Gasteiger charge is -2.46. The average molecular weight is 350 g/mol. The fourth-order valence-corrected chi connectivity index (χ4v) is 5.80. The summed E-state index contributed by atoms with van der Waals surface area (Å²) in [7, 11) is 0. The van der Waals surface area contributed by atoms with Crippen LogP contribution in [-0.4, -0.2) is 13.1 Å². The van der Waals surface area contributed by atoms with E-state index in [-0.39, 0.29) is 0 Å². The zero-order valence-corrected chi connectivity index (χ0v) is 15.6. The molecule has 1 heteroatoms. The van der Waals surface area contributed by atoms with Crippen LogP contribution in [0.1, 0.15) is 24.0 Å².